The average molecular weight is 360 g/mol. The molecule has 4 nitrogen and oxygen atoms in total. The molecule has 0 saturated carbocycles. The maximum atomic E-state index is 11.4. The number of ether oxygens (including phenoxy) is 1. The predicted octanol–water partition coefficient (Wildman–Crippen LogP) is 3.74. The Hall–Kier alpha value is -2.17. The third kappa shape index (κ3) is 5.68. The van der Waals surface area contributed by atoms with Crippen LogP contribution in [0.2, 0.25) is 0 Å². The molecular formula is C22H32O4. The van der Waals surface area contributed by atoms with Crippen LogP contribution in [0.25, 0.3) is 0 Å². The summed E-state index contributed by atoms with van der Waals surface area (Å²) in [5.74, 6) is 1.21. The molecule has 0 fully saturated rings. The fourth-order valence-electron chi connectivity index (χ4n) is 3.06. The van der Waals surface area contributed by atoms with Gasteiger partial charge in [-0.3, -0.25) is 4.79 Å². The van der Waals surface area contributed by atoms with Gasteiger partial charge in [-0.15, -0.1) is 0 Å². The van der Waals surface area contributed by atoms with Gasteiger partial charge in [0.05, 0.1) is 7.11 Å². The third-order valence-electron chi connectivity index (χ3n) is 4.88. The Balaban J connectivity index is 0.000000453. The number of hydrogen-bond donors (Lipinski definition) is 0. The van der Waals surface area contributed by atoms with Crippen molar-refractivity contribution in [3.63, 3.8) is 0 Å². The van der Waals surface area contributed by atoms with Crippen molar-refractivity contribution in [3.8, 4) is 5.75 Å². The summed E-state index contributed by atoms with van der Waals surface area (Å²) >= 11 is 0. The highest BCUT2D eigenvalue weighted by molar-refractivity contribution is 5.96. The molecule has 0 aromatic heterocycles. The van der Waals surface area contributed by atoms with Gasteiger partial charge in [0.25, 0.3) is 0 Å². The quantitative estimate of drug-likeness (QED) is 0.780. The molecule has 4 heteroatoms. The molecule has 0 atom stereocenters. The molecule has 2 aromatic carbocycles. The van der Waals surface area contributed by atoms with Crippen LogP contribution >= 0.6 is 0 Å². The minimum atomic E-state index is 0. The first-order valence-electron chi connectivity index (χ1n) is 8.73. The number of rotatable bonds is 3. The minimum absolute atomic E-state index is 0. The normalized spacial score (nSPS) is 11.3. The fraction of sp³-hybridized carbons (Fsp3) is 0.409. The van der Waals surface area contributed by atoms with Crippen LogP contribution in [0.4, 0.5) is 0 Å². The van der Waals surface area contributed by atoms with E-state index in [1.807, 2.05) is 13.0 Å². The number of hydrogen-bond acceptors (Lipinski definition) is 2. The Morgan fingerprint density at radius 2 is 1.54 bits per heavy atom. The number of methoxy groups -OCH3 is 1. The Labute approximate surface area is 156 Å². The molecule has 1 aliphatic rings. The Bertz CT molecular complexity index is 712. The SMILES string of the molecule is CCC(=O)c1ccc2c(c1)CCC2.COc1cc(C)c(C)c(C)c1.O.O. The molecule has 4 N–H and O–H groups in total. The number of Topliss-reactive ketones (excluding diaryl/α,β-unsaturated/α-hetero) is 1. The van der Waals surface area contributed by atoms with Crippen LogP contribution in [0, 0.1) is 20.8 Å². The number of aryl methyl sites for hydroxylation is 4. The molecule has 3 rings (SSSR count). The molecule has 0 unspecified atom stereocenters. The molecule has 0 aliphatic heterocycles. The topological polar surface area (TPSA) is 89.3 Å². The second-order valence-electron chi connectivity index (χ2n) is 6.50. The smallest absolute Gasteiger partial charge is 0.162 e. The maximum absolute atomic E-state index is 11.4. The number of ketones is 1. The molecule has 2 aromatic rings. The molecule has 0 bridgehead atoms. The molecule has 144 valence electrons. The van der Waals surface area contributed by atoms with Crippen molar-refractivity contribution >= 4 is 5.78 Å². The zero-order valence-electron chi connectivity index (χ0n) is 16.5. The number of carbonyl (C=O) groups is 1. The lowest BCUT2D eigenvalue weighted by molar-refractivity contribution is 0.0988. The van der Waals surface area contributed by atoms with Gasteiger partial charge in [0, 0.05) is 12.0 Å². The van der Waals surface area contributed by atoms with Crippen LogP contribution in [0.15, 0.2) is 30.3 Å². The molecule has 0 saturated heterocycles. The average Bonchev–Trinajstić information content (AvgIpc) is 3.06. The van der Waals surface area contributed by atoms with Crippen molar-refractivity contribution in [2.75, 3.05) is 7.11 Å². The number of benzene rings is 2. The molecule has 0 heterocycles. The van der Waals surface area contributed by atoms with Crippen molar-refractivity contribution in [1.29, 1.82) is 0 Å². The van der Waals surface area contributed by atoms with Crippen molar-refractivity contribution in [1.82, 2.24) is 0 Å². The van der Waals surface area contributed by atoms with Gasteiger partial charge in [0.1, 0.15) is 5.75 Å². The van der Waals surface area contributed by atoms with Crippen LogP contribution in [0.1, 0.15) is 57.9 Å². The van der Waals surface area contributed by atoms with Crippen molar-refractivity contribution in [3.05, 3.63) is 63.7 Å². The highest BCUT2D eigenvalue weighted by Gasteiger charge is 2.12. The Morgan fingerprint density at radius 3 is 2.08 bits per heavy atom. The van der Waals surface area contributed by atoms with E-state index >= 15 is 0 Å². The van der Waals surface area contributed by atoms with Crippen LogP contribution in [0.5, 0.6) is 5.75 Å². The van der Waals surface area contributed by atoms with Gasteiger partial charge < -0.3 is 15.7 Å². The molecular weight excluding hydrogens is 328 g/mol. The fourth-order valence-corrected chi connectivity index (χ4v) is 3.06. The summed E-state index contributed by atoms with van der Waals surface area (Å²) < 4.78 is 5.13. The summed E-state index contributed by atoms with van der Waals surface area (Å²) in [5, 5.41) is 0. The van der Waals surface area contributed by atoms with Crippen LogP contribution in [-0.2, 0) is 12.8 Å². The van der Waals surface area contributed by atoms with E-state index in [0.717, 1.165) is 17.7 Å². The van der Waals surface area contributed by atoms with Gasteiger partial charge in [-0.2, -0.15) is 0 Å². The van der Waals surface area contributed by atoms with Crippen LogP contribution in [0.3, 0.4) is 0 Å². The van der Waals surface area contributed by atoms with E-state index in [4.69, 9.17) is 4.74 Å². The van der Waals surface area contributed by atoms with Gasteiger partial charge in [0.2, 0.25) is 0 Å². The molecule has 1 aliphatic carbocycles. The summed E-state index contributed by atoms with van der Waals surface area (Å²) in [7, 11) is 1.70. The van der Waals surface area contributed by atoms with E-state index < -0.39 is 0 Å². The largest absolute Gasteiger partial charge is 0.497 e. The van der Waals surface area contributed by atoms with Gasteiger partial charge in [-0.1, -0.05) is 19.1 Å². The standard InChI is InChI=1S/C12H14O.C10H14O.2H2O/c1-2-12(13)11-7-6-9-4-3-5-10(9)8-11;1-7-5-10(11-4)6-8(2)9(7)3;;/h6-8H,2-5H2,1H3;5-6H,1-4H3;2*1H2. The molecule has 0 amide bonds. The predicted molar refractivity (Wildman–Crippen MR) is 108 cm³/mol. The number of carbonyl (C=O) groups excluding carboxylic acids is 1. The lowest BCUT2D eigenvalue weighted by Crippen LogP contribution is -1.97. The highest BCUT2D eigenvalue weighted by Crippen LogP contribution is 2.23. The summed E-state index contributed by atoms with van der Waals surface area (Å²) in [6.07, 6.45) is 4.20. The second-order valence-corrected chi connectivity index (χ2v) is 6.50. The van der Waals surface area contributed by atoms with E-state index in [2.05, 4.69) is 45.0 Å². The summed E-state index contributed by atoms with van der Waals surface area (Å²) in [6.45, 7) is 8.25. The van der Waals surface area contributed by atoms with E-state index in [9.17, 15) is 4.79 Å². The van der Waals surface area contributed by atoms with Gasteiger partial charge in [-0.05, 0) is 86.1 Å². The van der Waals surface area contributed by atoms with Gasteiger partial charge in [0.15, 0.2) is 5.78 Å². The van der Waals surface area contributed by atoms with E-state index in [1.165, 1.54) is 40.7 Å². The van der Waals surface area contributed by atoms with Gasteiger partial charge in [-0.25, -0.2) is 0 Å². The van der Waals surface area contributed by atoms with Gasteiger partial charge >= 0.3 is 0 Å². The monoisotopic (exact) mass is 360 g/mol. The maximum Gasteiger partial charge on any atom is 0.162 e. The first-order chi connectivity index (χ1) is 11.5. The lowest BCUT2D eigenvalue weighted by atomic mass is 10.0. The zero-order valence-corrected chi connectivity index (χ0v) is 16.5. The van der Waals surface area contributed by atoms with E-state index in [-0.39, 0.29) is 16.7 Å². The second kappa shape index (κ2) is 10.7. The molecule has 0 spiro atoms. The third-order valence-corrected chi connectivity index (χ3v) is 4.88. The van der Waals surface area contributed by atoms with E-state index in [0.29, 0.717) is 6.42 Å². The van der Waals surface area contributed by atoms with E-state index in [1.54, 1.807) is 7.11 Å². The van der Waals surface area contributed by atoms with Crippen molar-refractivity contribution in [2.45, 2.75) is 53.4 Å². The molecule has 0 radical (unpaired) electrons. The Kier molecular flexibility index (Phi) is 9.84. The summed E-state index contributed by atoms with van der Waals surface area (Å²) in [6, 6.07) is 10.3. The minimum Gasteiger partial charge on any atom is -0.497 e. The Morgan fingerprint density at radius 1 is 0.962 bits per heavy atom. The zero-order chi connectivity index (χ0) is 17.7. The molecule has 26 heavy (non-hydrogen) atoms. The van der Waals surface area contributed by atoms with Crippen LogP contribution in [-0.4, -0.2) is 23.8 Å². The van der Waals surface area contributed by atoms with Crippen molar-refractivity contribution in [2.24, 2.45) is 0 Å². The summed E-state index contributed by atoms with van der Waals surface area (Å²) in [4.78, 5) is 11.4. The summed E-state index contributed by atoms with van der Waals surface area (Å²) in [5.41, 5.74) is 7.66. The van der Waals surface area contributed by atoms with Crippen LogP contribution < -0.4 is 4.74 Å². The van der Waals surface area contributed by atoms with Crippen molar-refractivity contribution < 1.29 is 20.5 Å². The first-order valence-corrected chi connectivity index (χ1v) is 8.73. The first kappa shape index (κ1) is 23.8. The highest BCUT2D eigenvalue weighted by atomic mass is 16.5. The number of fused-ring (bicyclic) bond motifs is 1. The lowest BCUT2D eigenvalue weighted by Gasteiger charge is -2.07.